The lowest BCUT2D eigenvalue weighted by atomic mass is 9.64. The average molecular weight is 304 g/mol. The molecule has 1 aliphatic carbocycles. The lowest BCUT2D eigenvalue weighted by molar-refractivity contribution is -0.135. The van der Waals surface area contributed by atoms with Crippen LogP contribution in [-0.4, -0.2) is 42.8 Å². The van der Waals surface area contributed by atoms with Gasteiger partial charge in [0.25, 0.3) is 0 Å². The summed E-state index contributed by atoms with van der Waals surface area (Å²) in [6.07, 6.45) is -0.289. The van der Waals surface area contributed by atoms with E-state index in [0.717, 1.165) is 6.29 Å². The van der Waals surface area contributed by atoms with Gasteiger partial charge in [-0.05, 0) is 12.1 Å². The number of methoxy groups -OCH3 is 1. The Kier molecular flexibility index (Phi) is 2.83. The van der Waals surface area contributed by atoms with Crippen LogP contribution in [0.3, 0.4) is 0 Å². The quantitative estimate of drug-likeness (QED) is 0.820. The van der Waals surface area contributed by atoms with E-state index in [4.69, 9.17) is 14.2 Å². The summed E-state index contributed by atoms with van der Waals surface area (Å²) in [5.74, 6) is 1.06. The maximum Gasteiger partial charge on any atom is 0.166 e. The van der Waals surface area contributed by atoms with Gasteiger partial charge in [-0.25, -0.2) is 0 Å². The minimum atomic E-state index is -0.960. The number of rotatable bonds is 2. The second kappa shape index (κ2) is 4.54. The molecular weight excluding hydrogens is 288 g/mol. The molecular formula is C16H16O6. The molecule has 0 radical (unpaired) electrons. The number of benzene rings is 1. The van der Waals surface area contributed by atoms with Crippen LogP contribution in [0.1, 0.15) is 35.2 Å². The Balaban J connectivity index is 1.97. The lowest BCUT2D eigenvalue weighted by Crippen LogP contribution is -2.51. The Morgan fingerprint density at radius 1 is 1.36 bits per heavy atom. The van der Waals surface area contributed by atoms with Crippen molar-refractivity contribution in [3.63, 3.8) is 0 Å². The molecule has 4 rings (SSSR count). The summed E-state index contributed by atoms with van der Waals surface area (Å²) in [6, 6.07) is 3.36. The molecule has 1 aromatic rings. The smallest absolute Gasteiger partial charge is 0.166 e. The third-order valence-corrected chi connectivity index (χ3v) is 5.04. The highest BCUT2D eigenvalue weighted by Gasteiger charge is 2.64. The van der Waals surface area contributed by atoms with Gasteiger partial charge >= 0.3 is 0 Å². The molecule has 3 aliphatic rings. The van der Waals surface area contributed by atoms with Crippen LogP contribution < -0.4 is 9.47 Å². The minimum absolute atomic E-state index is 0.0409. The third-order valence-electron chi connectivity index (χ3n) is 5.04. The van der Waals surface area contributed by atoms with Gasteiger partial charge in [-0.1, -0.05) is 0 Å². The summed E-state index contributed by atoms with van der Waals surface area (Å²) < 4.78 is 16.9. The predicted molar refractivity (Wildman–Crippen MR) is 74.2 cm³/mol. The monoisotopic (exact) mass is 304 g/mol. The van der Waals surface area contributed by atoms with Crippen molar-refractivity contribution in [2.24, 2.45) is 0 Å². The number of ketones is 1. The first-order chi connectivity index (χ1) is 10.6. The molecule has 2 aliphatic heterocycles. The van der Waals surface area contributed by atoms with Gasteiger partial charge in [-0.3, -0.25) is 9.59 Å². The molecule has 6 nitrogen and oxygen atoms in total. The molecule has 2 heterocycles. The molecule has 1 aromatic carbocycles. The normalized spacial score (nSPS) is 35.4. The van der Waals surface area contributed by atoms with Crippen molar-refractivity contribution < 1.29 is 28.9 Å². The van der Waals surface area contributed by atoms with Gasteiger partial charge < -0.3 is 19.3 Å². The van der Waals surface area contributed by atoms with Crippen molar-refractivity contribution in [1.82, 2.24) is 0 Å². The van der Waals surface area contributed by atoms with Crippen molar-refractivity contribution in [2.45, 2.75) is 43.2 Å². The second-order valence-corrected chi connectivity index (χ2v) is 6.06. The van der Waals surface area contributed by atoms with Gasteiger partial charge in [0.15, 0.2) is 17.8 Å². The first-order valence-electron chi connectivity index (χ1n) is 7.28. The van der Waals surface area contributed by atoms with E-state index in [1.165, 1.54) is 7.11 Å². The average Bonchev–Trinajstić information content (AvgIpc) is 2.99. The molecule has 6 heteroatoms. The van der Waals surface area contributed by atoms with Crippen LogP contribution >= 0.6 is 0 Å². The first-order valence-corrected chi connectivity index (χ1v) is 7.28. The van der Waals surface area contributed by atoms with E-state index >= 15 is 0 Å². The number of ether oxygens (including phenoxy) is 3. The number of carbonyl (C=O) groups is 2. The molecule has 2 fully saturated rings. The molecule has 0 amide bonds. The zero-order valence-electron chi connectivity index (χ0n) is 12.1. The third kappa shape index (κ3) is 1.56. The Morgan fingerprint density at radius 2 is 2.14 bits per heavy atom. The zero-order valence-corrected chi connectivity index (χ0v) is 12.1. The predicted octanol–water partition coefficient (Wildman–Crippen LogP) is 0.977. The Bertz CT molecular complexity index is 669. The fourth-order valence-corrected chi connectivity index (χ4v) is 4.18. The Morgan fingerprint density at radius 3 is 2.86 bits per heavy atom. The largest absolute Gasteiger partial charge is 0.493 e. The minimum Gasteiger partial charge on any atom is -0.493 e. The van der Waals surface area contributed by atoms with Gasteiger partial charge in [-0.15, -0.1) is 0 Å². The van der Waals surface area contributed by atoms with Gasteiger partial charge in [0.2, 0.25) is 0 Å². The van der Waals surface area contributed by atoms with E-state index in [1.807, 2.05) is 0 Å². The van der Waals surface area contributed by atoms with Crippen LogP contribution in [0, 0.1) is 0 Å². The van der Waals surface area contributed by atoms with E-state index in [1.54, 1.807) is 12.1 Å². The fraction of sp³-hybridized carbons (Fsp3) is 0.500. The van der Waals surface area contributed by atoms with Crippen molar-refractivity contribution >= 4 is 12.1 Å². The van der Waals surface area contributed by atoms with Gasteiger partial charge in [0.1, 0.15) is 18.2 Å². The van der Waals surface area contributed by atoms with Crippen molar-refractivity contribution in [1.29, 1.82) is 0 Å². The van der Waals surface area contributed by atoms with Crippen LogP contribution in [0.2, 0.25) is 0 Å². The molecule has 0 bridgehead atoms. The van der Waals surface area contributed by atoms with Crippen molar-refractivity contribution in [3.8, 4) is 11.5 Å². The highest BCUT2D eigenvalue weighted by Crippen LogP contribution is 2.59. The number of hydrogen-bond acceptors (Lipinski definition) is 6. The number of carbonyl (C=O) groups excluding carboxylic acids is 2. The van der Waals surface area contributed by atoms with E-state index in [0.29, 0.717) is 29.0 Å². The van der Waals surface area contributed by atoms with E-state index < -0.39 is 23.9 Å². The van der Waals surface area contributed by atoms with Crippen LogP contribution in [-0.2, 0) is 14.9 Å². The molecule has 1 unspecified atom stereocenters. The standard InChI is InChI=1S/C16H16O6/c1-20-10-3-2-8(7-17)14-15(10)22-12-5-9(18)4-11-16(12,14)6-13(19)21-11/h2-3,7,11-13,19H,4-6H2,1H3/t11-,12-,13?,16+/m0/s1. The summed E-state index contributed by atoms with van der Waals surface area (Å²) >= 11 is 0. The summed E-state index contributed by atoms with van der Waals surface area (Å²) in [6.45, 7) is 0. The van der Waals surface area contributed by atoms with Crippen LogP contribution in [0.5, 0.6) is 11.5 Å². The molecule has 116 valence electrons. The van der Waals surface area contributed by atoms with Gasteiger partial charge in [0, 0.05) is 30.4 Å². The number of aliphatic hydroxyl groups excluding tert-OH is 1. The molecule has 1 saturated heterocycles. The lowest BCUT2D eigenvalue weighted by Gasteiger charge is -2.38. The van der Waals surface area contributed by atoms with Crippen LogP contribution in [0.25, 0.3) is 0 Å². The van der Waals surface area contributed by atoms with Crippen LogP contribution in [0.4, 0.5) is 0 Å². The number of hydrogen-bond donors (Lipinski definition) is 1. The number of fused-ring (bicyclic) bond motifs is 1. The molecule has 22 heavy (non-hydrogen) atoms. The maximum absolute atomic E-state index is 12.0. The number of aliphatic hydroxyl groups is 1. The highest BCUT2D eigenvalue weighted by molar-refractivity contribution is 5.86. The summed E-state index contributed by atoms with van der Waals surface area (Å²) in [7, 11) is 1.53. The van der Waals surface area contributed by atoms with Crippen molar-refractivity contribution in [3.05, 3.63) is 23.3 Å². The van der Waals surface area contributed by atoms with Crippen LogP contribution in [0.15, 0.2) is 12.1 Å². The van der Waals surface area contributed by atoms with E-state index in [9.17, 15) is 14.7 Å². The highest BCUT2D eigenvalue weighted by atomic mass is 16.6. The Labute approximate surface area is 127 Å². The topological polar surface area (TPSA) is 82.1 Å². The molecule has 0 aromatic heterocycles. The first kappa shape index (κ1) is 13.7. The second-order valence-electron chi connectivity index (χ2n) is 6.06. The molecule has 1 saturated carbocycles. The molecule has 4 atom stereocenters. The molecule has 1 spiro atoms. The van der Waals surface area contributed by atoms with Gasteiger partial charge in [-0.2, -0.15) is 0 Å². The van der Waals surface area contributed by atoms with Gasteiger partial charge in [0.05, 0.1) is 18.6 Å². The SMILES string of the molecule is COc1ccc(C=O)c2c1O[C@H]1CC(=O)C[C@@H]3OC(O)C[C@]213. The Hall–Kier alpha value is -1.92. The van der Waals surface area contributed by atoms with E-state index in [2.05, 4.69) is 0 Å². The zero-order chi connectivity index (χ0) is 15.5. The summed E-state index contributed by atoms with van der Waals surface area (Å²) in [5, 5.41) is 10.00. The van der Waals surface area contributed by atoms with E-state index in [-0.39, 0.29) is 18.6 Å². The molecule has 1 N–H and O–H groups in total. The summed E-state index contributed by atoms with van der Waals surface area (Å²) in [4.78, 5) is 23.5. The summed E-state index contributed by atoms with van der Waals surface area (Å²) in [5.41, 5.74) is 0.546. The number of aldehydes is 1. The fourth-order valence-electron chi connectivity index (χ4n) is 4.18. The number of Topliss-reactive ketones (excluding diaryl/α,β-unsaturated/α-hetero) is 1. The van der Waals surface area contributed by atoms with Crippen molar-refractivity contribution in [2.75, 3.05) is 7.11 Å². The maximum atomic E-state index is 12.0.